The van der Waals surface area contributed by atoms with Gasteiger partial charge >= 0.3 is 5.97 Å². The summed E-state index contributed by atoms with van der Waals surface area (Å²) in [6.07, 6.45) is 0.399. The van der Waals surface area contributed by atoms with Crippen LogP contribution in [-0.4, -0.2) is 18.1 Å². The maximum absolute atomic E-state index is 15.3. The van der Waals surface area contributed by atoms with Gasteiger partial charge in [0.25, 0.3) is 0 Å². The normalized spacial score (nSPS) is 25.2. The summed E-state index contributed by atoms with van der Waals surface area (Å²) in [6.45, 7) is 11.0. The third-order valence-electron chi connectivity index (χ3n) is 5.86. The number of ether oxygens (including phenoxy) is 1. The van der Waals surface area contributed by atoms with E-state index < -0.39 is 47.0 Å². The second-order valence-electron chi connectivity index (χ2n) is 9.76. The Kier molecular flexibility index (Phi) is 6.99. The van der Waals surface area contributed by atoms with Crippen molar-refractivity contribution in [2.24, 2.45) is 11.1 Å². The molecule has 4 nitrogen and oxygen atoms in total. The van der Waals surface area contributed by atoms with E-state index >= 15 is 8.78 Å². The van der Waals surface area contributed by atoms with Gasteiger partial charge < -0.3 is 10.5 Å². The molecule has 0 amide bonds. The second-order valence-corrected chi connectivity index (χ2v) is 10.2. The fourth-order valence-corrected chi connectivity index (χ4v) is 4.78. The lowest BCUT2D eigenvalue weighted by atomic mass is 9.68. The van der Waals surface area contributed by atoms with Crippen molar-refractivity contribution >= 4 is 17.6 Å². The number of halogens is 4. The molecule has 2 aromatic rings. The van der Waals surface area contributed by atoms with Crippen molar-refractivity contribution in [3.63, 3.8) is 0 Å². The first-order chi connectivity index (χ1) is 15.3. The van der Waals surface area contributed by atoms with E-state index in [1.165, 1.54) is 31.2 Å². The Morgan fingerprint density at radius 1 is 1.21 bits per heavy atom. The fourth-order valence-electron chi connectivity index (χ4n) is 4.62. The predicted molar refractivity (Wildman–Crippen MR) is 122 cm³/mol. The quantitative estimate of drug-likeness (QED) is 0.435. The molecule has 1 heterocycles. The predicted octanol–water partition coefficient (Wildman–Crippen LogP) is 5.55. The van der Waals surface area contributed by atoms with E-state index in [1.54, 1.807) is 0 Å². The van der Waals surface area contributed by atoms with Gasteiger partial charge in [-0.15, -0.1) is 0 Å². The molecule has 178 valence electrons. The van der Waals surface area contributed by atoms with Crippen LogP contribution < -0.4 is 11.1 Å². The lowest BCUT2D eigenvalue weighted by molar-refractivity contribution is -0.142. The Hall–Kier alpha value is -2.35. The SMILES string of the molecule is C=C(C)OC(=O)[C@@H]1N[C@@H](CC(C)(C)C)C(N)(c2ccc(Cl)cc2F)[C@H]1c1cccc(F)c1F. The Bertz CT molecular complexity index is 1090. The van der Waals surface area contributed by atoms with Crippen LogP contribution in [0.25, 0.3) is 0 Å². The van der Waals surface area contributed by atoms with Crippen LogP contribution in [0.1, 0.15) is 51.2 Å². The number of nitrogens with two attached hydrogens (primary N) is 1. The molecule has 0 aromatic heterocycles. The molecule has 3 N–H and O–H groups in total. The number of hydrogen-bond donors (Lipinski definition) is 2. The molecule has 1 unspecified atom stereocenters. The molecule has 0 saturated carbocycles. The molecule has 0 spiro atoms. The molecule has 0 radical (unpaired) electrons. The molecule has 2 aromatic carbocycles. The number of rotatable bonds is 5. The Morgan fingerprint density at radius 3 is 2.45 bits per heavy atom. The number of benzene rings is 2. The molecule has 1 aliphatic heterocycles. The summed E-state index contributed by atoms with van der Waals surface area (Å²) in [5, 5.41) is 3.31. The van der Waals surface area contributed by atoms with Gasteiger partial charge in [-0.3, -0.25) is 5.32 Å². The monoisotopic (exact) mass is 480 g/mol. The van der Waals surface area contributed by atoms with E-state index in [-0.39, 0.29) is 27.3 Å². The van der Waals surface area contributed by atoms with E-state index in [4.69, 9.17) is 22.1 Å². The van der Waals surface area contributed by atoms with Crippen LogP contribution in [0.2, 0.25) is 5.02 Å². The van der Waals surface area contributed by atoms with Crippen LogP contribution in [-0.2, 0) is 15.1 Å². The van der Waals surface area contributed by atoms with Gasteiger partial charge in [-0.05, 0) is 42.5 Å². The van der Waals surface area contributed by atoms with Crippen molar-refractivity contribution in [2.75, 3.05) is 0 Å². The zero-order valence-electron chi connectivity index (χ0n) is 19.0. The van der Waals surface area contributed by atoms with Crippen molar-refractivity contribution in [3.8, 4) is 0 Å². The van der Waals surface area contributed by atoms with Crippen molar-refractivity contribution in [3.05, 3.63) is 82.3 Å². The minimum atomic E-state index is -1.64. The summed E-state index contributed by atoms with van der Waals surface area (Å²) >= 11 is 5.96. The third-order valence-corrected chi connectivity index (χ3v) is 6.10. The molecule has 0 bridgehead atoms. The van der Waals surface area contributed by atoms with Crippen molar-refractivity contribution in [1.29, 1.82) is 0 Å². The molecular weight excluding hydrogens is 453 g/mol. The lowest BCUT2D eigenvalue weighted by Crippen LogP contribution is -2.52. The highest BCUT2D eigenvalue weighted by Crippen LogP contribution is 2.49. The Balaban J connectivity index is 2.31. The van der Waals surface area contributed by atoms with E-state index in [2.05, 4.69) is 11.9 Å². The summed E-state index contributed by atoms with van der Waals surface area (Å²) in [6, 6.07) is 5.76. The lowest BCUT2D eigenvalue weighted by Gasteiger charge is -2.39. The Morgan fingerprint density at radius 2 is 1.88 bits per heavy atom. The van der Waals surface area contributed by atoms with Gasteiger partial charge in [-0.25, -0.2) is 18.0 Å². The van der Waals surface area contributed by atoms with Crippen molar-refractivity contribution in [2.45, 2.75) is 57.7 Å². The third kappa shape index (κ3) is 4.95. The van der Waals surface area contributed by atoms with Gasteiger partial charge in [-0.2, -0.15) is 0 Å². The van der Waals surface area contributed by atoms with Gasteiger partial charge in [0.1, 0.15) is 11.9 Å². The van der Waals surface area contributed by atoms with Crippen LogP contribution >= 0.6 is 11.6 Å². The van der Waals surface area contributed by atoms with Gasteiger partial charge in [0.05, 0.1) is 11.3 Å². The first-order valence-electron chi connectivity index (χ1n) is 10.6. The first-order valence-corrected chi connectivity index (χ1v) is 10.9. The van der Waals surface area contributed by atoms with Gasteiger partial charge in [0.15, 0.2) is 11.6 Å². The minimum absolute atomic E-state index is 0.0351. The maximum Gasteiger partial charge on any atom is 0.328 e. The van der Waals surface area contributed by atoms with Gasteiger partial charge in [0, 0.05) is 22.5 Å². The molecule has 1 aliphatic rings. The van der Waals surface area contributed by atoms with E-state index in [9.17, 15) is 9.18 Å². The number of carbonyl (C=O) groups excluding carboxylic acids is 1. The highest BCUT2D eigenvalue weighted by atomic mass is 35.5. The first kappa shape index (κ1) is 25.3. The number of esters is 1. The molecule has 8 heteroatoms. The summed E-state index contributed by atoms with van der Waals surface area (Å²) < 4.78 is 49.9. The zero-order valence-corrected chi connectivity index (χ0v) is 19.8. The van der Waals surface area contributed by atoms with Crippen LogP contribution in [0.4, 0.5) is 13.2 Å². The summed E-state index contributed by atoms with van der Waals surface area (Å²) in [7, 11) is 0. The second kappa shape index (κ2) is 9.12. The van der Waals surface area contributed by atoms with E-state index in [0.29, 0.717) is 6.42 Å². The summed E-state index contributed by atoms with van der Waals surface area (Å²) in [5.41, 5.74) is 4.91. The van der Waals surface area contributed by atoms with Crippen molar-refractivity contribution in [1.82, 2.24) is 5.32 Å². The van der Waals surface area contributed by atoms with Crippen molar-refractivity contribution < 1.29 is 22.7 Å². The minimum Gasteiger partial charge on any atom is -0.431 e. The molecule has 1 saturated heterocycles. The highest BCUT2D eigenvalue weighted by molar-refractivity contribution is 6.30. The summed E-state index contributed by atoms with van der Waals surface area (Å²) in [4.78, 5) is 13.1. The van der Waals surface area contributed by atoms with Crippen LogP contribution in [0.15, 0.2) is 48.7 Å². The average molecular weight is 481 g/mol. The summed E-state index contributed by atoms with van der Waals surface area (Å²) in [5.74, 6) is -4.79. The number of allylic oxidation sites excluding steroid dienone is 1. The zero-order chi connectivity index (χ0) is 24.7. The maximum atomic E-state index is 15.3. The van der Waals surface area contributed by atoms with E-state index in [0.717, 1.165) is 12.1 Å². The average Bonchev–Trinajstić information content (AvgIpc) is 2.95. The van der Waals surface area contributed by atoms with E-state index in [1.807, 2.05) is 20.8 Å². The number of carbonyl (C=O) groups is 1. The molecule has 1 fully saturated rings. The topological polar surface area (TPSA) is 64.3 Å². The van der Waals surface area contributed by atoms with Gasteiger partial charge in [-0.1, -0.05) is 57.2 Å². The molecule has 3 rings (SSSR count). The van der Waals surface area contributed by atoms with Crippen LogP contribution in [0.5, 0.6) is 0 Å². The highest BCUT2D eigenvalue weighted by Gasteiger charge is 2.59. The molecular formula is C25H28ClF3N2O2. The number of nitrogens with one attached hydrogen (secondary N) is 1. The standard InChI is InChI=1S/C25H28ClF3N2O2/c1-13(2)33-23(32)22-20(15-7-6-8-17(27)21(15)29)25(30,19(31-22)12-24(3,4)5)16-10-9-14(26)11-18(16)28/h6-11,19-20,22,31H,1,12,30H2,2-5H3/t19-,20-,22+,25?/m0/s1. The largest absolute Gasteiger partial charge is 0.431 e. The molecule has 4 atom stereocenters. The Labute approximate surface area is 197 Å². The van der Waals surface area contributed by atoms with Gasteiger partial charge in [0.2, 0.25) is 0 Å². The number of hydrogen-bond acceptors (Lipinski definition) is 4. The van der Waals surface area contributed by atoms with Crippen LogP contribution in [0, 0.1) is 22.9 Å². The molecule has 33 heavy (non-hydrogen) atoms. The smallest absolute Gasteiger partial charge is 0.328 e. The van der Waals surface area contributed by atoms with Crippen LogP contribution in [0.3, 0.4) is 0 Å². The molecule has 0 aliphatic carbocycles. The fraction of sp³-hybridized carbons (Fsp3) is 0.400.